The first-order chi connectivity index (χ1) is 16.6. The summed E-state index contributed by atoms with van der Waals surface area (Å²) in [7, 11) is 0. The van der Waals surface area contributed by atoms with E-state index in [0.29, 0.717) is 36.3 Å². The molecule has 0 spiro atoms. The largest absolute Gasteiger partial charge is 0.491 e. The Hall–Kier alpha value is -2.63. The Morgan fingerprint density at radius 2 is 1.89 bits per heavy atom. The monoisotopic (exact) mass is 491 g/mol. The van der Waals surface area contributed by atoms with Crippen molar-refractivity contribution in [2.45, 2.75) is 76.5 Å². The third kappa shape index (κ3) is 5.46. The minimum atomic E-state index is -3.53. The molecule has 2 heterocycles. The van der Waals surface area contributed by atoms with Crippen LogP contribution in [0.5, 0.6) is 5.75 Å². The number of nitrogens with one attached hydrogen (secondary N) is 2. The first kappa shape index (κ1) is 25.5. The quantitative estimate of drug-likeness (QED) is 0.359. The van der Waals surface area contributed by atoms with E-state index in [2.05, 4.69) is 10.6 Å². The lowest BCUT2D eigenvalue weighted by atomic mass is 10.0. The minimum absolute atomic E-state index is 0.0230. The molecule has 0 bridgehead atoms. The molecule has 0 saturated carbocycles. The molecular formula is C25H31F2N3O5. The molecule has 4 atom stereocenters. The van der Waals surface area contributed by atoms with Crippen molar-refractivity contribution in [2.24, 2.45) is 0 Å². The van der Waals surface area contributed by atoms with Gasteiger partial charge in [0, 0.05) is 18.7 Å². The van der Waals surface area contributed by atoms with E-state index in [1.165, 1.54) is 24.3 Å². The summed E-state index contributed by atoms with van der Waals surface area (Å²) in [6.07, 6.45) is -3.25. The summed E-state index contributed by atoms with van der Waals surface area (Å²) in [5, 5.41) is 35.5. The number of benzene rings is 2. The molecule has 1 fully saturated rings. The smallest absolute Gasteiger partial charge is 0.311 e. The van der Waals surface area contributed by atoms with Crippen LogP contribution in [0.15, 0.2) is 42.5 Å². The first-order valence-corrected chi connectivity index (χ1v) is 11.7. The molecule has 2 unspecified atom stereocenters. The van der Waals surface area contributed by atoms with Crippen LogP contribution in [-0.4, -0.2) is 50.7 Å². The fourth-order valence-corrected chi connectivity index (χ4v) is 4.52. The van der Waals surface area contributed by atoms with Gasteiger partial charge in [-0.05, 0) is 67.6 Å². The van der Waals surface area contributed by atoms with Crippen LogP contribution in [-0.2, 0) is 23.8 Å². The summed E-state index contributed by atoms with van der Waals surface area (Å²) in [6, 6.07) is 9.94. The topological polar surface area (TPSA) is 114 Å². The highest BCUT2D eigenvalue weighted by atomic mass is 19.3. The molecule has 35 heavy (non-hydrogen) atoms. The highest BCUT2D eigenvalue weighted by molar-refractivity contribution is 5.82. The highest BCUT2D eigenvalue weighted by Gasteiger charge is 2.41. The summed E-state index contributed by atoms with van der Waals surface area (Å²) in [6.45, 7) is 3.96. The maximum absolute atomic E-state index is 14.8. The number of aliphatic hydroxyl groups excluding tert-OH is 3. The predicted octanol–water partition coefficient (Wildman–Crippen LogP) is 2.08. The third-order valence-electron chi connectivity index (χ3n) is 6.33. The Kier molecular flexibility index (Phi) is 7.39. The molecule has 2 aromatic rings. The van der Waals surface area contributed by atoms with Crippen LogP contribution >= 0.6 is 0 Å². The van der Waals surface area contributed by atoms with Gasteiger partial charge in [-0.25, -0.2) is 0 Å². The van der Waals surface area contributed by atoms with E-state index in [1.807, 2.05) is 13.8 Å². The number of hydrogen-bond donors (Lipinski definition) is 5. The normalized spacial score (nSPS) is 23.8. The van der Waals surface area contributed by atoms with Gasteiger partial charge in [-0.2, -0.15) is 8.78 Å². The van der Waals surface area contributed by atoms with Gasteiger partial charge < -0.3 is 25.4 Å². The van der Waals surface area contributed by atoms with Crippen molar-refractivity contribution >= 4 is 5.91 Å². The molecule has 1 saturated heterocycles. The maximum atomic E-state index is 14.8. The molecule has 0 radical (unpaired) electrons. The Morgan fingerprint density at radius 3 is 2.54 bits per heavy atom. The van der Waals surface area contributed by atoms with Crippen molar-refractivity contribution in [3.8, 4) is 5.75 Å². The fraction of sp³-hybridized carbons (Fsp3) is 0.480. The van der Waals surface area contributed by atoms with Crippen LogP contribution in [0.2, 0.25) is 0 Å². The second-order valence-corrected chi connectivity index (χ2v) is 9.29. The fourth-order valence-electron chi connectivity index (χ4n) is 4.52. The summed E-state index contributed by atoms with van der Waals surface area (Å²) >= 11 is 0. The van der Waals surface area contributed by atoms with E-state index in [0.717, 1.165) is 5.56 Å². The Morgan fingerprint density at radius 1 is 1.17 bits per heavy atom. The van der Waals surface area contributed by atoms with E-state index in [9.17, 15) is 28.9 Å². The van der Waals surface area contributed by atoms with Crippen LogP contribution < -0.4 is 15.4 Å². The van der Waals surface area contributed by atoms with Gasteiger partial charge in [-0.15, -0.1) is 0 Å². The lowest BCUT2D eigenvalue weighted by Gasteiger charge is -2.34. The van der Waals surface area contributed by atoms with Crippen molar-refractivity contribution in [3.05, 3.63) is 64.7 Å². The second kappa shape index (κ2) is 10.2. The zero-order chi connectivity index (χ0) is 25.3. The molecule has 0 aliphatic carbocycles. The Balaban J connectivity index is 1.38. The van der Waals surface area contributed by atoms with E-state index in [1.54, 1.807) is 23.1 Å². The van der Waals surface area contributed by atoms with Crippen molar-refractivity contribution in [2.75, 3.05) is 0 Å². The molecule has 1 amide bonds. The van der Waals surface area contributed by atoms with E-state index in [-0.39, 0.29) is 24.1 Å². The number of aliphatic hydroxyl groups is 3. The molecule has 2 aliphatic heterocycles. The van der Waals surface area contributed by atoms with E-state index >= 15 is 0 Å². The van der Waals surface area contributed by atoms with Gasteiger partial charge in [0.2, 0.25) is 5.91 Å². The number of carbonyl (C=O) groups is 1. The van der Waals surface area contributed by atoms with Crippen molar-refractivity contribution in [1.82, 2.24) is 15.5 Å². The van der Waals surface area contributed by atoms with Crippen LogP contribution in [0.1, 0.15) is 55.2 Å². The van der Waals surface area contributed by atoms with Gasteiger partial charge in [-0.3, -0.25) is 15.0 Å². The van der Waals surface area contributed by atoms with Crippen molar-refractivity contribution < 1.29 is 33.6 Å². The average molecular weight is 492 g/mol. The minimum Gasteiger partial charge on any atom is -0.491 e. The van der Waals surface area contributed by atoms with E-state index in [4.69, 9.17) is 4.74 Å². The number of ether oxygens (including phenoxy) is 1. The van der Waals surface area contributed by atoms with Gasteiger partial charge >= 0.3 is 5.92 Å². The third-order valence-corrected chi connectivity index (χ3v) is 6.33. The second-order valence-electron chi connectivity index (χ2n) is 9.29. The Bertz CT molecular complexity index is 1050. The number of rotatable bonds is 8. The van der Waals surface area contributed by atoms with Crippen molar-refractivity contribution in [1.29, 1.82) is 0 Å². The SMILES string of the molecule is CC(C)Oc1ccc(C(F)(F)C(O)NCc2ccc3c(c2)CN(C2CC[C@@H](O)NC2=O)[C@H]3O)cc1. The van der Waals surface area contributed by atoms with Gasteiger partial charge in [0.25, 0.3) is 0 Å². The van der Waals surface area contributed by atoms with Crippen LogP contribution in [0.3, 0.4) is 0 Å². The maximum Gasteiger partial charge on any atom is 0.311 e. The van der Waals surface area contributed by atoms with Gasteiger partial charge in [0.1, 0.15) is 18.2 Å². The Labute approximate surface area is 202 Å². The molecule has 8 nitrogen and oxygen atoms in total. The molecule has 190 valence electrons. The van der Waals surface area contributed by atoms with Crippen LogP contribution in [0, 0.1) is 0 Å². The standard InChI is InChI=1S/C25H31F2N3O5/c1-14(2)35-18-6-4-17(5-7-18)25(26,27)24(34)28-12-15-3-8-19-16(11-15)13-30(23(19)33)20-9-10-21(31)29-22(20)32/h3-8,11,14,20-21,23-24,28,31,33-34H,9-10,12-13H2,1-2H3,(H,29,32)/t20?,21-,23+,24?/m1/s1. The van der Waals surface area contributed by atoms with Gasteiger partial charge in [-0.1, -0.05) is 18.2 Å². The molecule has 2 aromatic carbocycles. The molecule has 2 aliphatic rings. The molecule has 5 N–H and O–H groups in total. The summed E-state index contributed by atoms with van der Waals surface area (Å²) in [5.41, 5.74) is 1.73. The van der Waals surface area contributed by atoms with Gasteiger partial charge in [0.05, 0.1) is 12.1 Å². The van der Waals surface area contributed by atoms with Crippen molar-refractivity contribution in [3.63, 3.8) is 0 Å². The molecule has 0 aromatic heterocycles. The lowest BCUT2D eigenvalue weighted by molar-refractivity contribution is -0.139. The molecule has 10 heteroatoms. The number of alkyl halides is 2. The number of amides is 1. The van der Waals surface area contributed by atoms with Crippen LogP contribution in [0.4, 0.5) is 8.78 Å². The molecular weight excluding hydrogens is 460 g/mol. The zero-order valence-corrected chi connectivity index (χ0v) is 19.6. The van der Waals surface area contributed by atoms with Crippen LogP contribution in [0.25, 0.3) is 0 Å². The predicted molar refractivity (Wildman–Crippen MR) is 123 cm³/mol. The summed E-state index contributed by atoms with van der Waals surface area (Å²) in [4.78, 5) is 13.9. The zero-order valence-electron chi connectivity index (χ0n) is 19.6. The number of fused-ring (bicyclic) bond motifs is 1. The average Bonchev–Trinajstić information content (AvgIpc) is 3.13. The summed E-state index contributed by atoms with van der Waals surface area (Å²) < 4.78 is 35.1. The number of carbonyl (C=O) groups excluding carboxylic acids is 1. The number of hydrogen-bond acceptors (Lipinski definition) is 7. The number of halogens is 2. The molecule has 4 rings (SSSR count). The highest BCUT2D eigenvalue weighted by Crippen LogP contribution is 2.36. The van der Waals surface area contributed by atoms with Gasteiger partial charge in [0.15, 0.2) is 6.23 Å². The first-order valence-electron chi connectivity index (χ1n) is 11.7. The summed E-state index contributed by atoms with van der Waals surface area (Å²) in [5.74, 6) is -3.40. The lowest BCUT2D eigenvalue weighted by Crippen LogP contribution is -2.53. The number of piperidine rings is 1. The number of nitrogens with zero attached hydrogens (tertiary/aromatic N) is 1. The van der Waals surface area contributed by atoms with E-state index < -0.39 is 30.6 Å².